The van der Waals surface area contributed by atoms with Gasteiger partial charge in [-0.25, -0.2) is 4.39 Å². The average Bonchev–Trinajstić information content (AvgIpc) is 2.79. The van der Waals surface area contributed by atoms with Crippen molar-refractivity contribution < 1.29 is 18.7 Å². The number of benzene rings is 1. The molecule has 1 amide bonds. The van der Waals surface area contributed by atoms with Crippen LogP contribution in [0.15, 0.2) is 42.7 Å². The topological polar surface area (TPSA) is 78.7 Å². The molecule has 4 fully saturated rings. The molecule has 34 heavy (non-hydrogen) atoms. The molecular weight excluding hydrogens is 435 g/mol. The predicted octanol–water partition coefficient (Wildman–Crippen LogP) is 4.61. The zero-order valence-electron chi connectivity index (χ0n) is 19.5. The van der Waals surface area contributed by atoms with Crippen LogP contribution in [-0.2, 0) is 4.79 Å². The summed E-state index contributed by atoms with van der Waals surface area (Å²) >= 11 is 0. The van der Waals surface area contributed by atoms with Gasteiger partial charge in [-0.2, -0.15) is 5.26 Å². The van der Waals surface area contributed by atoms with Crippen molar-refractivity contribution in [3.05, 3.63) is 42.7 Å². The molecule has 4 aliphatic rings. The molecule has 6 rings (SSSR count). The van der Waals surface area contributed by atoms with E-state index in [9.17, 15) is 14.4 Å². The number of methoxy groups -OCH3 is 1. The number of rotatable bonds is 7. The summed E-state index contributed by atoms with van der Waals surface area (Å²) in [6.07, 6.45) is 5.85. The highest BCUT2D eigenvalue weighted by Crippen LogP contribution is 2.73. The van der Waals surface area contributed by atoms with Crippen molar-refractivity contribution in [1.82, 2.24) is 9.88 Å². The molecule has 2 aromatic rings. The summed E-state index contributed by atoms with van der Waals surface area (Å²) < 4.78 is 24.0. The van der Waals surface area contributed by atoms with E-state index in [1.54, 1.807) is 31.6 Å². The molecule has 1 saturated heterocycles. The van der Waals surface area contributed by atoms with Crippen LogP contribution in [0.4, 0.5) is 15.8 Å². The molecule has 0 unspecified atom stereocenters. The summed E-state index contributed by atoms with van der Waals surface area (Å²) in [6.45, 7) is 2.69. The summed E-state index contributed by atoms with van der Waals surface area (Å²) in [5.41, 5.74) is 1.26. The van der Waals surface area contributed by atoms with Crippen LogP contribution >= 0.6 is 0 Å². The minimum absolute atomic E-state index is 0.132. The molecule has 1 aromatic heterocycles. The Morgan fingerprint density at radius 2 is 1.91 bits per heavy atom. The van der Waals surface area contributed by atoms with E-state index in [-0.39, 0.29) is 22.8 Å². The van der Waals surface area contributed by atoms with Crippen molar-refractivity contribution in [2.24, 2.45) is 10.8 Å². The molecule has 2 bridgehead atoms. The fourth-order valence-corrected chi connectivity index (χ4v) is 5.94. The quantitative estimate of drug-likeness (QED) is 0.596. The van der Waals surface area contributed by atoms with Crippen molar-refractivity contribution in [3.8, 4) is 17.6 Å². The van der Waals surface area contributed by atoms with Gasteiger partial charge in [-0.3, -0.25) is 9.78 Å². The number of alkyl halides is 1. The Labute approximate surface area is 199 Å². The van der Waals surface area contributed by atoms with Crippen LogP contribution in [0, 0.1) is 22.2 Å². The molecule has 1 aromatic carbocycles. The number of carbonyl (C=O) groups excluding carboxylic acids is 1. The number of aromatic nitrogens is 1. The van der Waals surface area contributed by atoms with Crippen molar-refractivity contribution in [1.29, 1.82) is 5.26 Å². The molecule has 1 atom stereocenters. The Bertz CT molecular complexity index is 1090. The van der Waals surface area contributed by atoms with Crippen LogP contribution in [-0.4, -0.2) is 48.4 Å². The zero-order valence-corrected chi connectivity index (χ0v) is 19.5. The first-order chi connectivity index (χ1) is 16.4. The third-order valence-electron chi connectivity index (χ3n) is 7.49. The van der Waals surface area contributed by atoms with E-state index in [0.29, 0.717) is 24.6 Å². The van der Waals surface area contributed by atoms with Gasteiger partial charge in [-0.1, -0.05) is 0 Å². The minimum Gasteiger partial charge on any atom is -0.494 e. The summed E-state index contributed by atoms with van der Waals surface area (Å²) in [5, 5.41) is 9.28. The number of ether oxygens (including phenoxy) is 2. The van der Waals surface area contributed by atoms with E-state index < -0.39 is 6.36 Å². The standard InChI is InChI=1S/C26H29FN4O3/c1-18(27)34-21-5-3-19(4-6-21)31(22-13-29-10-7-23(22)33-2)20-8-11-30(12-9-20)24(32)26-14-25(15-26,16-26)17-28/h3-7,10,13,18,20H,8-9,11-12,14-16H2,1-2H3/t18-,25?,26?/m1/s1. The average molecular weight is 465 g/mol. The van der Waals surface area contributed by atoms with Crippen molar-refractivity contribution in [2.45, 2.75) is 51.4 Å². The van der Waals surface area contributed by atoms with Crippen LogP contribution in [0.2, 0.25) is 0 Å². The number of hydrogen-bond acceptors (Lipinski definition) is 6. The van der Waals surface area contributed by atoms with Gasteiger partial charge in [0.05, 0.1) is 30.2 Å². The third kappa shape index (κ3) is 3.73. The lowest BCUT2D eigenvalue weighted by molar-refractivity contribution is -0.196. The second kappa shape index (κ2) is 8.46. The third-order valence-corrected chi connectivity index (χ3v) is 7.49. The lowest BCUT2D eigenvalue weighted by atomic mass is 9.35. The van der Waals surface area contributed by atoms with Gasteiger partial charge in [0.15, 0.2) is 0 Å². The molecule has 0 N–H and O–H groups in total. The molecule has 178 valence electrons. The molecule has 1 aliphatic heterocycles. The van der Waals surface area contributed by atoms with Crippen LogP contribution in [0.25, 0.3) is 0 Å². The number of piperidine rings is 1. The number of nitrogens with zero attached hydrogens (tertiary/aromatic N) is 4. The molecule has 8 heteroatoms. The SMILES string of the molecule is COc1ccncc1N(c1ccc(O[C@H](C)F)cc1)C1CCN(C(=O)C23CC(C#N)(C2)C3)CC1. The first-order valence-electron chi connectivity index (χ1n) is 11.8. The van der Waals surface area contributed by atoms with Gasteiger partial charge in [0, 0.05) is 44.0 Å². The number of halogens is 1. The first-order valence-corrected chi connectivity index (χ1v) is 11.8. The molecule has 0 radical (unpaired) electrons. The highest BCUT2D eigenvalue weighted by Gasteiger charge is 2.72. The van der Waals surface area contributed by atoms with E-state index in [1.165, 1.54) is 6.92 Å². The normalized spacial score (nSPS) is 26.5. The van der Waals surface area contributed by atoms with Gasteiger partial charge in [0.1, 0.15) is 17.2 Å². The number of pyridine rings is 1. The second-order valence-corrected chi connectivity index (χ2v) is 9.80. The first kappa shape index (κ1) is 22.5. The zero-order chi connectivity index (χ0) is 23.9. The summed E-state index contributed by atoms with van der Waals surface area (Å²) in [6, 6.07) is 11.7. The highest BCUT2D eigenvalue weighted by molar-refractivity contribution is 5.87. The Hall–Kier alpha value is -3.34. The van der Waals surface area contributed by atoms with Gasteiger partial charge < -0.3 is 19.3 Å². The number of hydrogen-bond donors (Lipinski definition) is 0. The number of carbonyl (C=O) groups is 1. The van der Waals surface area contributed by atoms with Crippen LogP contribution in [0.3, 0.4) is 0 Å². The minimum atomic E-state index is -1.38. The van der Waals surface area contributed by atoms with Gasteiger partial charge in [-0.15, -0.1) is 0 Å². The molecule has 7 nitrogen and oxygen atoms in total. The van der Waals surface area contributed by atoms with E-state index >= 15 is 0 Å². The fourth-order valence-electron chi connectivity index (χ4n) is 5.94. The van der Waals surface area contributed by atoms with Gasteiger partial charge >= 0.3 is 0 Å². The van der Waals surface area contributed by atoms with Gasteiger partial charge in [0.2, 0.25) is 12.3 Å². The molecule has 0 spiro atoms. The van der Waals surface area contributed by atoms with Crippen molar-refractivity contribution >= 4 is 17.3 Å². The second-order valence-electron chi connectivity index (χ2n) is 9.80. The number of likely N-dealkylation sites (tertiary alicyclic amines) is 1. The fraction of sp³-hybridized carbons (Fsp3) is 0.500. The van der Waals surface area contributed by atoms with Crippen molar-refractivity contribution in [2.75, 3.05) is 25.1 Å². The van der Waals surface area contributed by atoms with E-state index in [4.69, 9.17) is 9.47 Å². The summed E-state index contributed by atoms with van der Waals surface area (Å²) in [4.78, 5) is 21.7. The number of nitriles is 1. The van der Waals surface area contributed by atoms with Gasteiger partial charge in [-0.05, 0) is 56.4 Å². The van der Waals surface area contributed by atoms with Crippen LogP contribution in [0.5, 0.6) is 11.5 Å². The lowest BCUT2D eigenvalue weighted by Crippen LogP contribution is -2.68. The maximum atomic E-state index is 13.3. The van der Waals surface area contributed by atoms with Crippen molar-refractivity contribution in [3.63, 3.8) is 0 Å². The Kier molecular flexibility index (Phi) is 5.59. The summed E-state index contributed by atoms with van der Waals surface area (Å²) in [5.74, 6) is 1.39. The monoisotopic (exact) mass is 464 g/mol. The van der Waals surface area contributed by atoms with E-state index in [1.807, 2.05) is 23.1 Å². The number of anilines is 2. The van der Waals surface area contributed by atoms with Crippen LogP contribution in [0.1, 0.15) is 39.0 Å². The maximum absolute atomic E-state index is 13.3. The smallest absolute Gasteiger partial charge is 0.235 e. The summed E-state index contributed by atoms with van der Waals surface area (Å²) in [7, 11) is 1.63. The number of amides is 1. The maximum Gasteiger partial charge on any atom is 0.235 e. The Morgan fingerprint density at radius 1 is 1.24 bits per heavy atom. The highest BCUT2D eigenvalue weighted by atomic mass is 19.1. The molecule has 2 heterocycles. The lowest BCUT2D eigenvalue weighted by Gasteiger charge is -2.66. The van der Waals surface area contributed by atoms with Gasteiger partial charge in [0.25, 0.3) is 0 Å². The Morgan fingerprint density at radius 3 is 2.50 bits per heavy atom. The predicted molar refractivity (Wildman–Crippen MR) is 125 cm³/mol. The molecule has 3 aliphatic carbocycles. The Balaban J connectivity index is 1.34. The molecular formula is C26H29FN4O3. The van der Waals surface area contributed by atoms with E-state index in [0.717, 1.165) is 43.5 Å². The van der Waals surface area contributed by atoms with Crippen LogP contribution < -0.4 is 14.4 Å². The molecule has 3 saturated carbocycles. The van der Waals surface area contributed by atoms with E-state index in [2.05, 4.69) is 16.0 Å². The largest absolute Gasteiger partial charge is 0.494 e.